The zero-order valence-corrected chi connectivity index (χ0v) is 10.7. The van der Waals surface area contributed by atoms with Crippen LogP contribution in [0.2, 0.25) is 0 Å². The van der Waals surface area contributed by atoms with Gasteiger partial charge in [0.15, 0.2) is 5.13 Å². The molecule has 5 nitrogen and oxygen atoms in total. The van der Waals surface area contributed by atoms with Crippen LogP contribution in [0.1, 0.15) is 5.69 Å². The molecule has 0 aliphatic heterocycles. The highest BCUT2D eigenvalue weighted by Gasteiger charge is 2.07. The second-order valence-electron chi connectivity index (χ2n) is 3.05. The second kappa shape index (κ2) is 6.89. The van der Waals surface area contributed by atoms with Gasteiger partial charge in [-0.2, -0.15) is 5.26 Å². The van der Waals surface area contributed by atoms with Crippen molar-refractivity contribution in [1.82, 2.24) is 10.3 Å². The summed E-state index contributed by atoms with van der Waals surface area (Å²) in [6, 6.07) is 1.81. The molecule has 1 amide bonds. The highest BCUT2D eigenvalue weighted by Crippen LogP contribution is 2.14. The summed E-state index contributed by atoms with van der Waals surface area (Å²) in [6.07, 6.45) is 1.34. The maximum atomic E-state index is 11.4. The number of amides is 1. The minimum Gasteiger partial charge on any atom is -0.350 e. The molecule has 90 valence electrons. The molecule has 1 aromatic rings. The normalized spacial score (nSPS) is 10.8. The molecular formula is C10H11ClN4OS. The molecule has 0 aliphatic carbocycles. The van der Waals surface area contributed by atoms with Gasteiger partial charge in [-0.15, -0.1) is 22.9 Å². The first kappa shape index (κ1) is 13.5. The van der Waals surface area contributed by atoms with Crippen molar-refractivity contribution >= 4 is 34.0 Å². The van der Waals surface area contributed by atoms with Crippen molar-refractivity contribution in [3.8, 4) is 6.07 Å². The number of alkyl halides is 1. The monoisotopic (exact) mass is 270 g/mol. The third-order valence-corrected chi connectivity index (χ3v) is 2.78. The van der Waals surface area contributed by atoms with E-state index in [1.807, 2.05) is 18.4 Å². The Balaban J connectivity index is 2.61. The lowest BCUT2D eigenvalue weighted by Crippen LogP contribution is -2.26. The van der Waals surface area contributed by atoms with Gasteiger partial charge < -0.3 is 10.6 Å². The number of halogens is 1. The van der Waals surface area contributed by atoms with Crippen LogP contribution in [0.25, 0.3) is 0 Å². The van der Waals surface area contributed by atoms with Crippen molar-refractivity contribution in [2.45, 2.75) is 6.92 Å². The van der Waals surface area contributed by atoms with Crippen LogP contribution in [-0.2, 0) is 4.79 Å². The highest BCUT2D eigenvalue weighted by atomic mass is 35.5. The van der Waals surface area contributed by atoms with Crippen molar-refractivity contribution in [2.75, 3.05) is 17.7 Å². The summed E-state index contributed by atoms with van der Waals surface area (Å²) in [5.41, 5.74) is 0.874. The van der Waals surface area contributed by atoms with Gasteiger partial charge in [-0.05, 0) is 6.92 Å². The van der Waals surface area contributed by atoms with E-state index >= 15 is 0 Å². The molecule has 0 unspecified atom stereocenters. The zero-order valence-electron chi connectivity index (χ0n) is 9.16. The van der Waals surface area contributed by atoms with E-state index < -0.39 is 5.91 Å². The lowest BCUT2D eigenvalue weighted by molar-refractivity contribution is -0.117. The standard InChI is InChI=1S/C10H11ClN4OS/c1-7-6-17-10(15-7)14-5-8(4-12)9(16)13-3-2-11/h5-6H,2-3H2,1H3,(H,13,16)(H,14,15)/b8-5-. The van der Waals surface area contributed by atoms with E-state index in [-0.39, 0.29) is 5.57 Å². The molecule has 1 aromatic heterocycles. The molecule has 2 N–H and O–H groups in total. The van der Waals surface area contributed by atoms with E-state index in [9.17, 15) is 4.79 Å². The Morgan fingerprint density at radius 1 is 1.76 bits per heavy atom. The van der Waals surface area contributed by atoms with Crippen molar-refractivity contribution in [2.24, 2.45) is 0 Å². The van der Waals surface area contributed by atoms with Crippen LogP contribution in [0.15, 0.2) is 17.2 Å². The summed E-state index contributed by atoms with van der Waals surface area (Å²) in [7, 11) is 0. The molecule has 0 radical (unpaired) electrons. The summed E-state index contributed by atoms with van der Waals surface area (Å²) >= 11 is 6.83. The molecule has 17 heavy (non-hydrogen) atoms. The number of carbonyl (C=O) groups is 1. The average molecular weight is 271 g/mol. The predicted octanol–water partition coefficient (Wildman–Crippen LogP) is 1.63. The molecule has 1 heterocycles. The molecule has 0 fully saturated rings. The van der Waals surface area contributed by atoms with Crippen LogP contribution in [0.3, 0.4) is 0 Å². The third-order valence-electron chi connectivity index (χ3n) is 1.70. The highest BCUT2D eigenvalue weighted by molar-refractivity contribution is 7.13. The minimum absolute atomic E-state index is 0.0111. The fourth-order valence-corrected chi connectivity index (χ4v) is 1.71. The van der Waals surface area contributed by atoms with E-state index in [2.05, 4.69) is 15.6 Å². The number of hydrogen-bond acceptors (Lipinski definition) is 5. The Bertz CT molecular complexity index is 463. The summed E-state index contributed by atoms with van der Waals surface area (Å²) in [4.78, 5) is 15.6. The summed E-state index contributed by atoms with van der Waals surface area (Å²) in [6.45, 7) is 2.19. The van der Waals surface area contributed by atoms with E-state index in [4.69, 9.17) is 16.9 Å². The van der Waals surface area contributed by atoms with E-state index in [1.54, 1.807) is 0 Å². The Hall–Kier alpha value is -1.58. The number of nitrogens with zero attached hydrogens (tertiary/aromatic N) is 2. The van der Waals surface area contributed by atoms with Crippen LogP contribution >= 0.6 is 22.9 Å². The van der Waals surface area contributed by atoms with Crippen LogP contribution in [0.4, 0.5) is 5.13 Å². The second-order valence-corrected chi connectivity index (χ2v) is 4.29. The largest absolute Gasteiger partial charge is 0.350 e. The Morgan fingerprint density at radius 3 is 3.06 bits per heavy atom. The van der Waals surface area contributed by atoms with Crippen LogP contribution in [0, 0.1) is 18.3 Å². The molecule has 0 atom stereocenters. The molecule has 7 heteroatoms. The topological polar surface area (TPSA) is 77.8 Å². The maximum absolute atomic E-state index is 11.4. The predicted molar refractivity (Wildman–Crippen MR) is 67.9 cm³/mol. The van der Waals surface area contributed by atoms with Crippen molar-refractivity contribution in [3.05, 3.63) is 22.8 Å². The van der Waals surface area contributed by atoms with Gasteiger partial charge in [0.1, 0.15) is 11.6 Å². The number of aryl methyl sites for hydroxylation is 1. The van der Waals surface area contributed by atoms with Crippen LogP contribution in [-0.4, -0.2) is 23.3 Å². The lowest BCUT2D eigenvalue weighted by Gasteiger charge is -2.01. The van der Waals surface area contributed by atoms with E-state index in [0.717, 1.165) is 5.69 Å². The number of nitriles is 1. The van der Waals surface area contributed by atoms with Gasteiger partial charge in [0.25, 0.3) is 5.91 Å². The van der Waals surface area contributed by atoms with Crippen LogP contribution in [0.5, 0.6) is 0 Å². The van der Waals surface area contributed by atoms with Gasteiger partial charge in [0.2, 0.25) is 0 Å². The molecule has 0 saturated heterocycles. The lowest BCUT2D eigenvalue weighted by atomic mass is 10.3. The number of anilines is 1. The summed E-state index contributed by atoms with van der Waals surface area (Å²) in [5, 5.41) is 16.6. The SMILES string of the molecule is Cc1csc(N/C=C(/C#N)C(=O)NCCCl)n1. The van der Waals surface area contributed by atoms with Gasteiger partial charge in [0, 0.05) is 24.0 Å². The average Bonchev–Trinajstić information content (AvgIpc) is 2.73. The summed E-state index contributed by atoms with van der Waals surface area (Å²) < 4.78 is 0. The van der Waals surface area contributed by atoms with Gasteiger partial charge >= 0.3 is 0 Å². The first-order chi connectivity index (χ1) is 8.17. The minimum atomic E-state index is -0.450. The molecular weight excluding hydrogens is 260 g/mol. The third kappa shape index (κ3) is 4.43. The molecule has 1 rings (SSSR count). The van der Waals surface area contributed by atoms with Crippen molar-refractivity contribution < 1.29 is 4.79 Å². The Morgan fingerprint density at radius 2 is 2.53 bits per heavy atom. The number of thiazole rings is 1. The smallest absolute Gasteiger partial charge is 0.263 e. The van der Waals surface area contributed by atoms with Gasteiger partial charge in [-0.1, -0.05) is 0 Å². The van der Waals surface area contributed by atoms with E-state index in [0.29, 0.717) is 17.6 Å². The number of hydrogen-bond donors (Lipinski definition) is 2. The number of nitrogens with one attached hydrogen (secondary N) is 2. The first-order valence-electron chi connectivity index (χ1n) is 4.80. The molecule has 0 aliphatic rings. The first-order valence-corrected chi connectivity index (χ1v) is 6.22. The number of rotatable bonds is 5. The molecule has 0 aromatic carbocycles. The summed E-state index contributed by atoms with van der Waals surface area (Å²) in [5.74, 6) is -0.141. The molecule has 0 saturated carbocycles. The Labute approximate surface area is 108 Å². The van der Waals surface area contributed by atoms with Gasteiger partial charge in [0.05, 0.1) is 5.69 Å². The fraction of sp³-hybridized carbons (Fsp3) is 0.300. The number of carbonyl (C=O) groups excluding carboxylic acids is 1. The zero-order chi connectivity index (χ0) is 12.7. The van der Waals surface area contributed by atoms with Crippen molar-refractivity contribution in [3.63, 3.8) is 0 Å². The van der Waals surface area contributed by atoms with Crippen molar-refractivity contribution in [1.29, 1.82) is 5.26 Å². The van der Waals surface area contributed by atoms with Crippen LogP contribution < -0.4 is 10.6 Å². The fourth-order valence-electron chi connectivity index (χ4n) is 0.959. The van der Waals surface area contributed by atoms with Gasteiger partial charge in [-0.3, -0.25) is 4.79 Å². The van der Waals surface area contributed by atoms with E-state index in [1.165, 1.54) is 17.5 Å². The molecule has 0 bridgehead atoms. The van der Waals surface area contributed by atoms with Gasteiger partial charge in [-0.25, -0.2) is 4.98 Å². The Kier molecular flexibility index (Phi) is 5.46. The molecule has 0 spiro atoms. The quantitative estimate of drug-likeness (QED) is 0.484. The number of aromatic nitrogens is 1. The maximum Gasteiger partial charge on any atom is 0.263 e.